The fraction of sp³-hybridized carbons (Fsp3) is 0.667. The van der Waals surface area contributed by atoms with Crippen LogP contribution >= 0.6 is 0 Å². The molecule has 0 unspecified atom stereocenters. The summed E-state index contributed by atoms with van der Waals surface area (Å²) in [6, 6.07) is 6.56. The molecule has 1 aromatic carbocycles. The minimum absolute atomic E-state index is 0.00701. The summed E-state index contributed by atoms with van der Waals surface area (Å²) < 4.78 is 6.43. The second kappa shape index (κ2) is 5.07. The predicted molar refractivity (Wildman–Crippen MR) is 82.9 cm³/mol. The molecule has 1 saturated carbocycles. The summed E-state index contributed by atoms with van der Waals surface area (Å²) >= 11 is 0. The molecule has 2 N–H and O–H groups in total. The summed E-state index contributed by atoms with van der Waals surface area (Å²) in [5.74, 6) is 2.68. The standard InChI is InChI=1S/C18H27NO/c1-12(2)14-6-8-18(9-7-14)11-16(19)15-10-13(3)4-5-17(15)20-18/h4-5,10,12,14,16H,6-9,11,19H2,1-3H3/t14?,16-,18?/m0/s1. The molecular formula is C18H27NO. The molecule has 1 heterocycles. The van der Waals surface area contributed by atoms with Crippen molar-refractivity contribution in [1.29, 1.82) is 0 Å². The molecule has 1 atom stereocenters. The van der Waals surface area contributed by atoms with Crippen molar-refractivity contribution in [2.24, 2.45) is 17.6 Å². The Hall–Kier alpha value is -1.02. The van der Waals surface area contributed by atoms with Gasteiger partial charge in [0.05, 0.1) is 0 Å². The predicted octanol–water partition coefficient (Wildman–Crippen LogP) is 4.36. The van der Waals surface area contributed by atoms with E-state index < -0.39 is 0 Å². The van der Waals surface area contributed by atoms with E-state index in [0.29, 0.717) is 0 Å². The highest BCUT2D eigenvalue weighted by atomic mass is 16.5. The van der Waals surface area contributed by atoms with Gasteiger partial charge in [0.25, 0.3) is 0 Å². The maximum atomic E-state index is 6.44. The highest BCUT2D eigenvalue weighted by Crippen LogP contribution is 2.47. The maximum absolute atomic E-state index is 6.44. The van der Waals surface area contributed by atoms with E-state index in [0.717, 1.165) is 36.8 Å². The van der Waals surface area contributed by atoms with Crippen LogP contribution in [0.15, 0.2) is 18.2 Å². The van der Waals surface area contributed by atoms with E-state index in [1.165, 1.54) is 24.0 Å². The second-order valence-corrected chi connectivity index (χ2v) is 7.22. The Bertz CT molecular complexity index is 486. The molecule has 20 heavy (non-hydrogen) atoms. The van der Waals surface area contributed by atoms with E-state index in [1.807, 2.05) is 0 Å². The molecule has 110 valence electrons. The number of hydrogen-bond acceptors (Lipinski definition) is 2. The minimum atomic E-state index is 0.00701. The van der Waals surface area contributed by atoms with Crippen molar-refractivity contribution in [3.8, 4) is 5.75 Å². The average Bonchev–Trinajstić information content (AvgIpc) is 2.40. The molecule has 0 radical (unpaired) electrons. The molecular weight excluding hydrogens is 246 g/mol. The third-order valence-corrected chi connectivity index (χ3v) is 5.37. The van der Waals surface area contributed by atoms with Crippen LogP contribution in [0.2, 0.25) is 0 Å². The van der Waals surface area contributed by atoms with Gasteiger partial charge in [-0.25, -0.2) is 0 Å². The number of rotatable bonds is 1. The second-order valence-electron chi connectivity index (χ2n) is 7.22. The summed E-state index contributed by atoms with van der Waals surface area (Å²) in [5.41, 5.74) is 8.90. The van der Waals surface area contributed by atoms with E-state index in [-0.39, 0.29) is 11.6 Å². The first-order valence-corrected chi connectivity index (χ1v) is 8.04. The molecule has 1 spiro atoms. The third kappa shape index (κ3) is 2.46. The Kier molecular flexibility index (Phi) is 3.53. The smallest absolute Gasteiger partial charge is 0.124 e. The molecule has 2 heteroatoms. The molecule has 0 amide bonds. The molecule has 0 aromatic heterocycles. The summed E-state index contributed by atoms with van der Waals surface area (Å²) in [6.07, 6.45) is 5.87. The van der Waals surface area contributed by atoms with Crippen LogP contribution in [0.1, 0.15) is 63.1 Å². The van der Waals surface area contributed by atoms with Gasteiger partial charge in [0.1, 0.15) is 11.4 Å². The van der Waals surface area contributed by atoms with Gasteiger partial charge in [0, 0.05) is 18.0 Å². The van der Waals surface area contributed by atoms with Crippen LogP contribution < -0.4 is 10.5 Å². The number of benzene rings is 1. The molecule has 0 saturated heterocycles. The normalized spacial score (nSPS) is 33.0. The lowest BCUT2D eigenvalue weighted by atomic mass is 9.71. The van der Waals surface area contributed by atoms with Crippen molar-refractivity contribution in [2.75, 3.05) is 0 Å². The van der Waals surface area contributed by atoms with Crippen molar-refractivity contribution < 1.29 is 4.74 Å². The van der Waals surface area contributed by atoms with E-state index in [1.54, 1.807) is 0 Å². The Morgan fingerprint density at radius 1 is 1.25 bits per heavy atom. The van der Waals surface area contributed by atoms with Gasteiger partial charge in [0.15, 0.2) is 0 Å². The molecule has 1 fully saturated rings. The molecule has 2 aliphatic rings. The summed E-state index contributed by atoms with van der Waals surface area (Å²) in [7, 11) is 0. The topological polar surface area (TPSA) is 35.2 Å². The molecule has 1 aliphatic heterocycles. The Morgan fingerprint density at radius 2 is 1.95 bits per heavy atom. The molecule has 2 nitrogen and oxygen atoms in total. The molecule has 0 bridgehead atoms. The van der Waals surface area contributed by atoms with Gasteiger partial charge < -0.3 is 10.5 Å². The van der Waals surface area contributed by atoms with Crippen molar-refractivity contribution in [3.63, 3.8) is 0 Å². The zero-order valence-electron chi connectivity index (χ0n) is 13.0. The fourth-order valence-electron chi connectivity index (χ4n) is 3.98. The zero-order valence-corrected chi connectivity index (χ0v) is 13.0. The van der Waals surface area contributed by atoms with Crippen molar-refractivity contribution in [2.45, 2.75) is 64.5 Å². The first kappa shape index (κ1) is 13.9. The van der Waals surface area contributed by atoms with Crippen molar-refractivity contribution in [1.82, 2.24) is 0 Å². The number of ether oxygens (including phenoxy) is 1. The largest absolute Gasteiger partial charge is 0.487 e. The van der Waals surface area contributed by atoms with Crippen LogP contribution in [0, 0.1) is 18.8 Å². The van der Waals surface area contributed by atoms with Gasteiger partial charge in [-0.05, 0) is 50.5 Å². The first-order valence-electron chi connectivity index (χ1n) is 8.04. The Morgan fingerprint density at radius 3 is 2.60 bits per heavy atom. The Balaban J connectivity index is 1.80. The summed E-state index contributed by atoms with van der Waals surface area (Å²) in [6.45, 7) is 6.80. The first-order chi connectivity index (χ1) is 9.49. The monoisotopic (exact) mass is 273 g/mol. The highest BCUT2D eigenvalue weighted by Gasteiger charge is 2.42. The van der Waals surface area contributed by atoms with E-state index >= 15 is 0 Å². The lowest BCUT2D eigenvalue weighted by molar-refractivity contribution is -0.0160. The quantitative estimate of drug-likeness (QED) is 0.825. The van der Waals surface area contributed by atoms with Crippen LogP contribution in [-0.4, -0.2) is 5.60 Å². The van der Waals surface area contributed by atoms with Gasteiger partial charge in [-0.3, -0.25) is 0 Å². The molecule has 1 aliphatic carbocycles. The number of aryl methyl sites for hydroxylation is 1. The van der Waals surface area contributed by atoms with Crippen molar-refractivity contribution >= 4 is 0 Å². The third-order valence-electron chi connectivity index (χ3n) is 5.37. The van der Waals surface area contributed by atoms with Gasteiger partial charge >= 0.3 is 0 Å². The van der Waals surface area contributed by atoms with Crippen LogP contribution in [-0.2, 0) is 0 Å². The van der Waals surface area contributed by atoms with Crippen LogP contribution in [0.3, 0.4) is 0 Å². The number of hydrogen-bond donors (Lipinski definition) is 1. The van der Waals surface area contributed by atoms with Gasteiger partial charge in [-0.15, -0.1) is 0 Å². The van der Waals surface area contributed by atoms with E-state index in [9.17, 15) is 0 Å². The van der Waals surface area contributed by atoms with Crippen molar-refractivity contribution in [3.05, 3.63) is 29.3 Å². The highest BCUT2D eigenvalue weighted by molar-refractivity contribution is 5.41. The van der Waals surface area contributed by atoms with Crippen LogP contribution in [0.5, 0.6) is 5.75 Å². The molecule has 1 aromatic rings. The lowest BCUT2D eigenvalue weighted by Crippen LogP contribution is -2.46. The lowest BCUT2D eigenvalue weighted by Gasteiger charge is -2.46. The van der Waals surface area contributed by atoms with Crippen LogP contribution in [0.4, 0.5) is 0 Å². The van der Waals surface area contributed by atoms with Crippen LogP contribution in [0.25, 0.3) is 0 Å². The van der Waals surface area contributed by atoms with Gasteiger partial charge in [-0.2, -0.15) is 0 Å². The van der Waals surface area contributed by atoms with Gasteiger partial charge in [-0.1, -0.05) is 31.5 Å². The van der Waals surface area contributed by atoms with E-state index in [4.69, 9.17) is 10.5 Å². The summed E-state index contributed by atoms with van der Waals surface area (Å²) in [5, 5.41) is 0. The SMILES string of the molecule is Cc1ccc2c(c1)[C@@H](N)CC1(CCC(C(C)C)CC1)O2. The number of fused-ring (bicyclic) bond motifs is 1. The maximum Gasteiger partial charge on any atom is 0.124 e. The summed E-state index contributed by atoms with van der Waals surface area (Å²) in [4.78, 5) is 0. The minimum Gasteiger partial charge on any atom is -0.487 e. The fourth-order valence-corrected chi connectivity index (χ4v) is 3.98. The number of nitrogens with two attached hydrogens (primary N) is 1. The average molecular weight is 273 g/mol. The van der Waals surface area contributed by atoms with E-state index in [2.05, 4.69) is 39.0 Å². The zero-order chi connectivity index (χ0) is 14.3. The molecule has 3 rings (SSSR count). The Labute approximate surface area is 122 Å². The van der Waals surface area contributed by atoms with Gasteiger partial charge in [0.2, 0.25) is 0 Å².